The Morgan fingerprint density at radius 1 is 1.13 bits per heavy atom. The van der Waals surface area contributed by atoms with Crippen LogP contribution in [0.15, 0.2) is 47.4 Å². The van der Waals surface area contributed by atoms with E-state index in [1.807, 2.05) is 24.3 Å². The fourth-order valence-electron chi connectivity index (χ4n) is 3.93. The highest BCUT2D eigenvalue weighted by Gasteiger charge is 2.27. The molecule has 0 fully saturated rings. The van der Waals surface area contributed by atoms with Crippen LogP contribution in [0.2, 0.25) is 0 Å². The predicted molar refractivity (Wildman–Crippen MR) is 124 cm³/mol. The second-order valence-electron chi connectivity index (χ2n) is 7.90. The van der Waals surface area contributed by atoms with Gasteiger partial charge in [-0.3, -0.25) is 4.79 Å². The van der Waals surface area contributed by atoms with Crippen LogP contribution in [0.4, 0.5) is 5.69 Å². The van der Waals surface area contributed by atoms with E-state index in [1.54, 1.807) is 12.1 Å². The first-order chi connectivity index (χ1) is 14.8. The van der Waals surface area contributed by atoms with Gasteiger partial charge < -0.3 is 15.2 Å². The van der Waals surface area contributed by atoms with Gasteiger partial charge in [-0.2, -0.15) is 0 Å². The van der Waals surface area contributed by atoms with E-state index in [9.17, 15) is 13.2 Å². The van der Waals surface area contributed by atoms with Gasteiger partial charge in [0.05, 0.1) is 10.5 Å². The quantitative estimate of drug-likeness (QED) is 0.494. The first-order valence-electron chi connectivity index (χ1n) is 10.2. The summed E-state index contributed by atoms with van der Waals surface area (Å²) < 4.78 is 26.8. The van der Waals surface area contributed by atoms with E-state index in [1.165, 1.54) is 13.1 Å². The normalized spacial score (nSPS) is 15.1. The largest absolute Gasteiger partial charge is 0.355 e. The zero-order valence-electron chi connectivity index (χ0n) is 17.8. The van der Waals surface area contributed by atoms with Crippen LogP contribution in [-0.2, 0) is 21.2 Å². The number of hydrogen-bond acceptors (Lipinski definition) is 4. The maximum Gasteiger partial charge on any atom is 0.256 e. The molecule has 2 aromatic carbocycles. The Bertz CT molecular complexity index is 1290. The number of aryl methyl sites for hydroxylation is 1. The van der Waals surface area contributed by atoms with Crippen LogP contribution in [0.1, 0.15) is 23.2 Å². The third-order valence-corrected chi connectivity index (χ3v) is 6.93. The fourth-order valence-corrected chi connectivity index (χ4v) is 4.68. The van der Waals surface area contributed by atoms with Crippen LogP contribution in [0.3, 0.4) is 0 Å². The van der Waals surface area contributed by atoms with Crippen molar-refractivity contribution in [2.24, 2.45) is 0 Å². The minimum atomic E-state index is -3.61. The predicted octanol–water partition coefficient (Wildman–Crippen LogP) is 3.06. The summed E-state index contributed by atoms with van der Waals surface area (Å²) in [6, 6.07) is 12.7. The van der Waals surface area contributed by atoms with Gasteiger partial charge in [0, 0.05) is 27.8 Å². The number of rotatable bonds is 7. The molecule has 0 aliphatic carbocycles. The number of benzene rings is 2. The van der Waals surface area contributed by atoms with Gasteiger partial charge in [-0.05, 0) is 76.4 Å². The average Bonchev–Trinajstić information content (AvgIpc) is 3.25. The highest BCUT2D eigenvalue weighted by atomic mass is 32.2. The van der Waals surface area contributed by atoms with E-state index < -0.39 is 10.0 Å². The molecule has 4 rings (SSSR count). The Hall–Kier alpha value is -2.94. The Morgan fingerprint density at radius 3 is 2.65 bits per heavy atom. The van der Waals surface area contributed by atoms with E-state index in [4.69, 9.17) is 0 Å². The first kappa shape index (κ1) is 21.3. The van der Waals surface area contributed by atoms with Gasteiger partial charge >= 0.3 is 0 Å². The lowest BCUT2D eigenvalue weighted by Gasteiger charge is -2.09. The Labute approximate surface area is 182 Å². The number of aromatic nitrogens is 1. The third kappa shape index (κ3) is 4.14. The SMILES string of the molecule is CNS(=O)(=O)c1ccc2c(c1)/C(=C\c1[nH]c3ccccc3c1CCCN(C)C)C(=O)N2. The summed E-state index contributed by atoms with van der Waals surface area (Å²) in [6.45, 7) is 0.962. The minimum absolute atomic E-state index is 0.124. The first-order valence-corrected chi connectivity index (χ1v) is 11.6. The molecule has 1 aliphatic rings. The van der Waals surface area contributed by atoms with Gasteiger partial charge in [0.15, 0.2) is 0 Å². The summed E-state index contributed by atoms with van der Waals surface area (Å²) in [5, 5.41) is 3.97. The Balaban J connectivity index is 1.81. The number of amides is 1. The molecule has 0 bridgehead atoms. The van der Waals surface area contributed by atoms with Gasteiger partial charge in [-0.15, -0.1) is 0 Å². The van der Waals surface area contributed by atoms with Gasteiger partial charge in [0.2, 0.25) is 10.0 Å². The van der Waals surface area contributed by atoms with Crippen molar-refractivity contribution in [1.82, 2.24) is 14.6 Å². The summed E-state index contributed by atoms with van der Waals surface area (Å²) in [7, 11) is 1.86. The fraction of sp³-hybridized carbons (Fsp3) is 0.261. The monoisotopic (exact) mass is 438 g/mol. The smallest absolute Gasteiger partial charge is 0.256 e. The number of hydrogen-bond donors (Lipinski definition) is 3. The van der Waals surface area contributed by atoms with E-state index >= 15 is 0 Å². The van der Waals surface area contributed by atoms with Crippen molar-refractivity contribution in [2.75, 3.05) is 33.0 Å². The van der Waals surface area contributed by atoms with Crippen LogP contribution >= 0.6 is 0 Å². The molecule has 7 nitrogen and oxygen atoms in total. The number of carbonyl (C=O) groups excluding carboxylic acids is 1. The molecule has 0 unspecified atom stereocenters. The van der Waals surface area contributed by atoms with Crippen LogP contribution in [0.5, 0.6) is 0 Å². The molecule has 0 radical (unpaired) electrons. The van der Waals surface area contributed by atoms with E-state index in [0.717, 1.165) is 41.5 Å². The number of anilines is 1. The lowest BCUT2D eigenvalue weighted by molar-refractivity contribution is -0.110. The molecular weight excluding hydrogens is 412 g/mol. The maximum absolute atomic E-state index is 12.7. The zero-order chi connectivity index (χ0) is 22.2. The van der Waals surface area contributed by atoms with Crippen molar-refractivity contribution >= 4 is 44.2 Å². The van der Waals surface area contributed by atoms with Crippen molar-refractivity contribution in [3.05, 3.63) is 59.3 Å². The summed E-state index contributed by atoms with van der Waals surface area (Å²) in [4.78, 5) is 18.4. The van der Waals surface area contributed by atoms with Gasteiger partial charge in [0.1, 0.15) is 0 Å². The number of carbonyl (C=O) groups is 1. The van der Waals surface area contributed by atoms with E-state index in [-0.39, 0.29) is 10.8 Å². The van der Waals surface area contributed by atoms with E-state index in [2.05, 4.69) is 40.1 Å². The van der Waals surface area contributed by atoms with Crippen molar-refractivity contribution in [3.63, 3.8) is 0 Å². The number of para-hydroxylation sites is 1. The zero-order valence-corrected chi connectivity index (χ0v) is 18.6. The second kappa shape index (κ2) is 8.30. The number of aromatic amines is 1. The molecule has 0 saturated carbocycles. The van der Waals surface area contributed by atoms with Crippen LogP contribution in [0, 0.1) is 0 Å². The van der Waals surface area contributed by atoms with Crippen LogP contribution < -0.4 is 10.0 Å². The molecular formula is C23H26N4O3S. The third-order valence-electron chi connectivity index (χ3n) is 5.52. The number of sulfonamides is 1. The standard InChI is InChI=1S/C23H26N4O3S/c1-24-31(29,30)15-10-11-21-18(13-15)19(23(28)26-21)14-22-17(8-6-12-27(2)3)16-7-4-5-9-20(16)25-22/h4-5,7,9-11,13-14,24-25H,6,8,12H2,1-3H3,(H,26,28)/b19-14+. The summed E-state index contributed by atoms with van der Waals surface area (Å²) >= 11 is 0. The lowest BCUT2D eigenvalue weighted by Crippen LogP contribution is -2.18. The number of nitrogens with zero attached hydrogens (tertiary/aromatic N) is 1. The molecule has 0 saturated heterocycles. The van der Waals surface area contributed by atoms with Gasteiger partial charge in [0.25, 0.3) is 5.91 Å². The topological polar surface area (TPSA) is 94.3 Å². The second-order valence-corrected chi connectivity index (χ2v) is 9.78. The van der Waals surface area contributed by atoms with Crippen LogP contribution in [-0.4, -0.2) is 51.9 Å². The Morgan fingerprint density at radius 2 is 1.90 bits per heavy atom. The number of nitrogens with one attached hydrogen (secondary N) is 3. The molecule has 2 heterocycles. The van der Waals surface area contributed by atoms with Gasteiger partial charge in [-0.1, -0.05) is 18.2 Å². The maximum atomic E-state index is 12.7. The molecule has 1 aliphatic heterocycles. The number of H-pyrrole nitrogens is 1. The summed E-state index contributed by atoms with van der Waals surface area (Å²) in [5.74, 6) is -0.244. The van der Waals surface area contributed by atoms with Crippen molar-refractivity contribution < 1.29 is 13.2 Å². The van der Waals surface area contributed by atoms with Crippen molar-refractivity contribution in [3.8, 4) is 0 Å². The highest BCUT2D eigenvalue weighted by molar-refractivity contribution is 7.89. The van der Waals surface area contributed by atoms with Crippen LogP contribution in [0.25, 0.3) is 22.6 Å². The average molecular weight is 439 g/mol. The molecule has 1 amide bonds. The molecule has 162 valence electrons. The molecule has 0 atom stereocenters. The summed E-state index contributed by atoms with van der Waals surface area (Å²) in [6.07, 6.45) is 3.68. The van der Waals surface area contributed by atoms with Crippen molar-refractivity contribution in [2.45, 2.75) is 17.7 Å². The highest BCUT2D eigenvalue weighted by Crippen LogP contribution is 2.36. The minimum Gasteiger partial charge on any atom is -0.355 e. The molecule has 8 heteroatoms. The molecule has 3 N–H and O–H groups in total. The number of fused-ring (bicyclic) bond motifs is 2. The molecule has 1 aromatic heterocycles. The van der Waals surface area contributed by atoms with Crippen molar-refractivity contribution in [1.29, 1.82) is 0 Å². The molecule has 31 heavy (non-hydrogen) atoms. The lowest BCUT2D eigenvalue weighted by atomic mass is 10.0. The Kier molecular flexibility index (Phi) is 5.70. The van der Waals surface area contributed by atoms with E-state index in [0.29, 0.717) is 16.8 Å². The summed E-state index contributed by atoms with van der Waals surface area (Å²) in [5.41, 5.74) is 4.68. The molecule has 0 spiro atoms. The molecule has 3 aromatic rings. The van der Waals surface area contributed by atoms with Gasteiger partial charge in [-0.25, -0.2) is 13.1 Å².